The molecule has 0 saturated carbocycles. The molecule has 3 unspecified atom stereocenters. The Bertz CT molecular complexity index is 1340. The van der Waals surface area contributed by atoms with Crippen molar-refractivity contribution in [3.05, 3.63) is 85.1 Å². The molecule has 0 saturated heterocycles. The number of esters is 1. The quantitative estimate of drug-likeness (QED) is 0.0321. The normalized spacial score (nSPS) is 13.7. The maximum Gasteiger partial charge on any atom is 0.306 e. The number of hydrogen-bond acceptors (Lipinski definition) is 5. The molecule has 0 aromatic heterocycles. The molecular formula is C65H115NO5. The van der Waals surface area contributed by atoms with Crippen LogP contribution in [0.3, 0.4) is 0 Å². The second-order valence-electron chi connectivity index (χ2n) is 20.4. The molecule has 71 heavy (non-hydrogen) atoms. The van der Waals surface area contributed by atoms with Crippen LogP contribution in [0.5, 0.6) is 0 Å². The standard InChI is InChI=1S/C65H115NO5/c1-4-7-10-13-16-19-22-25-28-31-32-34-37-40-43-46-49-52-55-58-65(70)71-61(56-53-50-47-44-41-38-35-33-29-26-23-20-17-14-11-8-5-2)59-64(69)66-62(60-67)63(68)57-54-51-48-45-42-39-36-30-27-24-21-18-15-12-9-6-3/h16-17,19-20,25-26,28-29,32,34-35,38,44,47,61-63,67-68H,4-15,18,21-24,27,30-31,33,36-37,39-43,45-46,48-60H2,1-3H3,(H,66,69)/b19-16-,20-17-,28-25-,29-26-,34-32-,38-35-,47-44-. The number of rotatable bonds is 54. The fourth-order valence-electron chi connectivity index (χ4n) is 8.84. The minimum absolute atomic E-state index is 0.0316. The molecule has 6 heteroatoms. The fourth-order valence-corrected chi connectivity index (χ4v) is 8.84. The largest absolute Gasteiger partial charge is 0.462 e. The molecule has 0 rings (SSSR count). The molecule has 3 atom stereocenters. The number of nitrogens with one attached hydrogen (secondary N) is 1. The molecule has 0 spiro atoms. The average molecular weight is 991 g/mol. The summed E-state index contributed by atoms with van der Waals surface area (Å²) in [6.07, 6.45) is 76.5. The summed E-state index contributed by atoms with van der Waals surface area (Å²) < 4.78 is 5.94. The molecule has 0 fully saturated rings. The summed E-state index contributed by atoms with van der Waals surface area (Å²) in [7, 11) is 0. The van der Waals surface area contributed by atoms with E-state index in [-0.39, 0.29) is 24.9 Å². The van der Waals surface area contributed by atoms with Crippen molar-refractivity contribution in [2.45, 2.75) is 309 Å². The lowest BCUT2D eigenvalue weighted by atomic mass is 10.0. The van der Waals surface area contributed by atoms with Gasteiger partial charge in [-0.15, -0.1) is 0 Å². The molecule has 3 N–H and O–H groups in total. The number of ether oxygens (including phenoxy) is 1. The van der Waals surface area contributed by atoms with Gasteiger partial charge in [-0.05, 0) is 103 Å². The summed E-state index contributed by atoms with van der Waals surface area (Å²) in [5.74, 6) is -0.539. The molecule has 1 amide bonds. The lowest BCUT2D eigenvalue weighted by Gasteiger charge is -2.24. The number of hydrogen-bond donors (Lipinski definition) is 3. The maximum absolute atomic E-state index is 13.3. The Hall–Kier alpha value is -2.96. The first-order valence-corrected chi connectivity index (χ1v) is 30.3. The molecule has 410 valence electrons. The zero-order chi connectivity index (χ0) is 51.6. The summed E-state index contributed by atoms with van der Waals surface area (Å²) in [6.45, 7) is 6.43. The van der Waals surface area contributed by atoms with Crippen molar-refractivity contribution in [2.24, 2.45) is 0 Å². The highest BCUT2D eigenvalue weighted by molar-refractivity contribution is 5.77. The molecule has 0 aromatic rings. The molecule has 0 aliphatic heterocycles. The van der Waals surface area contributed by atoms with Crippen LogP contribution in [-0.2, 0) is 14.3 Å². The van der Waals surface area contributed by atoms with Crippen LogP contribution in [0.25, 0.3) is 0 Å². The summed E-state index contributed by atoms with van der Waals surface area (Å²) in [6, 6.07) is -0.727. The minimum atomic E-state index is -0.810. The van der Waals surface area contributed by atoms with Gasteiger partial charge in [-0.2, -0.15) is 0 Å². The highest BCUT2D eigenvalue weighted by atomic mass is 16.5. The summed E-state index contributed by atoms with van der Waals surface area (Å²) in [5.41, 5.74) is 0. The molecule has 0 aliphatic rings. The lowest BCUT2D eigenvalue weighted by molar-refractivity contribution is -0.151. The van der Waals surface area contributed by atoms with Gasteiger partial charge in [0.05, 0.1) is 25.2 Å². The van der Waals surface area contributed by atoms with Crippen molar-refractivity contribution in [2.75, 3.05) is 6.61 Å². The van der Waals surface area contributed by atoms with Crippen molar-refractivity contribution in [1.82, 2.24) is 5.32 Å². The third kappa shape index (κ3) is 53.2. The van der Waals surface area contributed by atoms with Gasteiger partial charge in [0.25, 0.3) is 0 Å². The van der Waals surface area contributed by atoms with E-state index in [1.54, 1.807) is 0 Å². The second-order valence-corrected chi connectivity index (χ2v) is 20.4. The van der Waals surface area contributed by atoms with E-state index in [0.29, 0.717) is 19.3 Å². The van der Waals surface area contributed by atoms with Crippen LogP contribution >= 0.6 is 0 Å². The van der Waals surface area contributed by atoms with E-state index in [2.05, 4.69) is 111 Å². The molecule has 6 nitrogen and oxygen atoms in total. The highest BCUT2D eigenvalue weighted by Gasteiger charge is 2.24. The summed E-state index contributed by atoms with van der Waals surface area (Å²) >= 11 is 0. The summed E-state index contributed by atoms with van der Waals surface area (Å²) in [5, 5.41) is 23.9. The van der Waals surface area contributed by atoms with Gasteiger partial charge in [0.1, 0.15) is 6.10 Å². The van der Waals surface area contributed by atoms with Gasteiger partial charge in [-0.25, -0.2) is 0 Å². The van der Waals surface area contributed by atoms with Crippen LogP contribution in [0, 0.1) is 0 Å². The number of carbonyl (C=O) groups excluding carboxylic acids is 2. The van der Waals surface area contributed by atoms with Gasteiger partial charge in [-0.3, -0.25) is 9.59 Å². The van der Waals surface area contributed by atoms with Gasteiger partial charge >= 0.3 is 5.97 Å². The first-order valence-electron chi connectivity index (χ1n) is 30.3. The zero-order valence-corrected chi connectivity index (χ0v) is 46.8. The Kier molecular flexibility index (Phi) is 55.5. The molecular weight excluding hydrogens is 875 g/mol. The van der Waals surface area contributed by atoms with Gasteiger partial charge in [0.15, 0.2) is 0 Å². The van der Waals surface area contributed by atoms with Crippen LogP contribution in [-0.4, -0.2) is 46.9 Å². The van der Waals surface area contributed by atoms with Gasteiger partial charge in [0.2, 0.25) is 5.91 Å². The number of allylic oxidation sites excluding steroid dienone is 14. The van der Waals surface area contributed by atoms with Crippen LogP contribution in [0.15, 0.2) is 85.1 Å². The molecule has 0 bridgehead atoms. The number of carbonyl (C=O) groups is 2. The maximum atomic E-state index is 13.3. The van der Waals surface area contributed by atoms with Gasteiger partial charge in [-0.1, -0.05) is 260 Å². The van der Waals surface area contributed by atoms with E-state index in [1.165, 1.54) is 154 Å². The first kappa shape index (κ1) is 68.0. The van der Waals surface area contributed by atoms with Gasteiger partial charge < -0.3 is 20.3 Å². The third-order valence-corrected chi connectivity index (χ3v) is 13.4. The van der Waals surface area contributed by atoms with Crippen LogP contribution < -0.4 is 5.32 Å². The zero-order valence-electron chi connectivity index (χ0n) is 46.8. The Morgan fingerprint density at radius 2 is 0.732 bits per heavy atom. The number of aliphatic hydroxyl groups excluding tert-OH is 2. The van der Waals surface area contributed by atoms with Crippen LogP contribution in [0.1, 0.15) is 290 Å². The second kappa shape index (κ2) is 57.9. The molecule has 0 heterocycles. The van der Waals surface area contributed by atoms with Gasteiger partial charge in [0, 0.05) is 6.42 Å². The van der Waals surface area contributed by atoms with E-state index >= 15 is 0 Å². The Morgan fingerprint density at radius 3 is 1.14 bits per heavy atom. The number of amides is 1. The monoisotopic (exact) mass is 990 g/mol. The fraction of sp³-hybridized carbons (Fsp3) is 0.754. The van der Waals surface area contributed by atoms with Crippen molar-refractivity contribution < 1.29 is 24.5 Å². The van der Waals surface area contributed by atoms with Crippen LogP contribution in [0.4, 0.5) is 0 Å². The van der Waals surface area contributed by atoms with E-state index in [1.807, 2.05) is 0 Å². The smallest absolute Gasteiger partial charge is 0.306 e. The first-order chi connectivity index (χ1) is 35.0. The lowest BCUT2D eigenvalue weighted by Crippen LogP contribution is -2.46. The van der Waals surface area contributed by atoms with Crippen LogP contribution in [0.2, 0.25) is 0 Å². The predicted molar refractivity (Wildman–Crippen MR) is 310 cm³/mol. The van der Waals surface area contributed by atoms with Crippen molar-refractivity contribution in [3.8, 4) is 0 Å². The number of aliphatic hydroxyl groups is 2. The topological polar surface area (TPSA) is 95.9 Å². The van der Waals surface area contributed by atoms with E-state index in [0.717, 1.165) is 89.9 Å². The molecule has 0 aromatic carbocycles. The molecule has 0 aliphatic carbocycles. The third-order valence-electron chi connectivity index (χ3n) is 13.4. The minimum Gasteiger partial charge on any atom is -0.462 e. The van der Waals surface area contributed by atoms with Crippen molar-refractivity contribution >= 4 is 11.9 Å². The Balaban J connectivity index is 4.67. The highest BCUT2D eigenvalue weighted by Crippen LogP contribution is 2.17. The van der Waals surface area contributed by atoms with Crippen molar-refractivity contribution in [1.29, 1.82) is 0 Å². The average Bonchev–Trinajstić information content (AvgIpc) is 3.36. The van der Waals surface area contributed by atoms with E-state index in [4.69, 9.17) is 4.74 Å². The Labute approximate surface area is 440 Å². The predicted octanol–water partition coefficient (Wildman–Crippen LogP) is 19.1. The summed E-state index contributed by atoms with van der Waals surface area (Å²) in [4.78, 5) is 26.3. The molecule has 0 radical (unpaired) electrons. The van der Waals surface area contributed by atoms with Crippen molar-refractivity contribution in [3.63, 3.8) is 0 Å². The van der Waals surface area contributed by atoms with E-state index < -0.39 is 18.2 Å². The SMILES string of the molecule is CCCCC/C=C\C/C=C\C/C=C\C/C=C\CCCC(CC(=O)NC(CO)C(O)CCCCCCCCCCCCCCCCCC)OC(=O)CCCCCCCC/C=C\C/C=C\C/C=C\CCCCC. The Morgan fingerprint density at radius 1 is 0.408 bits per heavy atom. The van der Waals surface area contributed by atoms with E-state index in [9.17, 15) is 19.8 Å². The number of unbranched alkanes of at least 4 members (excludes halogenated alkanes) is 28.